The van der Waals surface area contributed by atoms with E-state index in [4.69, 9.17) is 0 Å². The summed E-state index contributed by atoms with van der Waals surface area (Å²) >= 11 is 5.22. The molecule has 0 spiro atoms. The first kappa shape index (κ1) is 16.7. The molecule has 0 saturated carbocycles. The number of amides is 2. The molecule has 1 aromatic heterocycles. The fraction of sp³-hybridized carbons (Fsp3) is 0.353. The van der Waals surface area contributed by atoms with Gasteiger partial charge in [-0.05, 0) is 30.7 Å². The summed E-state index contributed by atoms with van der Waals surface area (Å²) in [7, 11) is 0. The van der Waals surface area contributed by atoms with E-state index in [1.165, 1.54) is 4.90 Å². The van der Waals surface area contributed by atoms with Gasteiger partial charge >= 0.3 is 6.03 Å². The lowest BCUT2D eigenvalue weighted by Gasteiger charge is -2.20. The number of hydrogen-bond acceptors (Lipinski definition) is 5. The molecule has 0 aliphatic carbocycles. The average Bonchev–Trinajstić information content (AvgIpc) is 3.25. The molecule has 1 aromatic carbocycles. The first-order valence-electron chi connectivity index (χ1n) is 8.24. The maximum absolute atomic E-state index is 12.2. The third-order valence-corrected chi connectivity index (χ3v) is 6.01. The zero-order valence-electron chi connectivity index (χ0n) is 13.5. The van der Waals surface area contributed by atoms with E-state index in [9.17, 15) is 4.79 Å². The Hall–Kier alpha value is -1.80. The van der Waals surface area contributed by atoms with Gasteiger partial charge in [0, 0.05) is 41.5 Å². The summed E-state index contributed by atoms with van der Waals surface area (Å²) in [5.74, 6) is 2.09. The molecule has 2 amide bonds. The molecule has 8 heteroatoms. The summed E-state index contributed by atoms with van der Waals surface area (Å²) in [6.45, 7) is 1.67. The van der Waals surface area contributed by atoms with Crippen LogP contribution in [-0.2, 0) is 6.42 Å². The summed E-state index contributed by atoms with van der Waals surface area (Å²) in [5, 5.41) is 5.93. The predicted molar refractivity (Wildman–Crippen MR) is 103 cm³/mol. The smallest absolute Gasteiger partial charge is 0.319 e. The van der Waals surface area contributed by atoms with Crippen molar-refractivity contribution in [1.29, 1.82) is 0 Å². The number of carbonyl (C=O) groups excluding carboxylic acids is 1. The molecule has 2 aliphatic rings. The Morgan fingerprint density at radius 1 is 1.28 bits per heavy atom. The van der Waals surface area contributed by atoms with Gasteiger partial charge in [0.05, 0.1) is 10.6 Å². The number of anilines is 2. The van der Waals surface area contributed by atoms with Crippen LogP contribution in [0.5, 0.6) is 0 Å². The molecule has 0 radical (unpaired) electrons. The number of benzene rings is 1. The Kier molecular flexibility index (Phi) is 4.80. The van der Waals surface area contributed by atoms with Crippen molar-refractivity contribution in [3.05, 3.63) is 40.8 Å². The molecule has 1 unspecified atom stereocenters. The normalized spacial score (nSPS) is 18.9. The number of hydrogen-bond donors (Lipinski definition) is 2. The summed E-state index contributed by atoms with van der Waals surface area (Å²) in [6, 6.07) is 7.49. The summed E-state index contributed by atoms with van der Waals surface area (Å²) in [5.41, 5.74) is 1.93. The highest BCUT2D eigenvalue weighted by molar-refractivity contribution is 9.10. The van der Waals surface area contributed by atoms with Crippen LogP contribution in [0.25, 0.3) is 0 Å². The van der Waals surface area contributed by atoms with Gasteiger partial charge in [0.1, 0.15) is 12.1 Å². The van der Waals surface area contributed by atoms with Gasteiger partial charge in [-0.15, -0.1) is 11.8 Å². The molecule has 3 heterocycles. The van der Waals surface area contributed by atoms with Crippen LogP contribution in [0.4, 0.5) is 16.3 Å². The van der Waals surface area contributed by atoms with Crippen LogP contribution in [0.3, 0.4) is 0 Å². The fourth-order valence-corrected chi connectivity index (χ4v) is 4.55. The Labute approximate surface area is 158 Å². The first-order valence-corrected chi connectivity index (χ1v) is 10.0. The number of urea groups is 1. The van der Waals surface area contributed by atoms with Crippen molar-refractivity contribution in [2.24, 2.45) is 0 Å². The minimum Gasteiger partial charge on any atom is -0.353 e. The minimum absolute atomic E-state index is 0.118. The van der Waals surface area contributed by atoms with E-state index in [1.54, 1.807) is 6.33 Å². The highest BCUT2D eigenvalue weighted by Crippen LogP contribution is 2.37. The average molecular weight is 420 g/mol. The van der Waals surface area contributed by atoms with E-state index >= 15 is 0 Å². The van der Waals surface area contributed by atoms with Crippen LogP contribution in [0.1, 0.15) is 12.1 Å². The molecule has 4 rings (SSSR count). The van der Waals surface area contributed by atoms with Crippen LogP contribution in [0, 0.1) is 0 Å². The Morgan fingerprint density at radius 3 is 2.96 bits per heavy atom. The zero-order valence-corrected chi connectivity index (χ0v) is 15.9. The Bertz CT molecular complexity index is 785. The number of carbonyl (C=O) groups is 1. The molecule has 2 N–H and O–H groups in total. The molecule has 2 aliphatic heterocycles. The van der Waals surface area contributed by atoms with Crippen LogP contribution in [-0.4, -0.2) is 40.9 Å². The third kappa shape index (κ3) is 3.74. The van der Waals surface area contributed by atoms with Crippen LogP contribution >= 0.6 is 27.7 Å². The summed E-state index contributed by atoms with van der Waals surface area (Å²) in [6.07, 6.45) is 3.58. The molecule has 0 bridgehead atoms. The highest BCUT2D eigenvalue weighted by Gasteiger charge is 2.29. The molecule has 2 aromatic rings. The van der Waals surface area contributed by atoms with Crippen LogP contribution < -0.4 is 15.5 Å². The lowest BCUT2D eigenvalue weighted by atomic mass is 10.3. The van der Waals surface area contributed by atoms with Gasteiger partial charge in [-0.25, -0.2) is 14.8 Å². The van der Waals surface area contributed by atoms with Crippen molar-refractivity contribution in [3.8, 4) is 0 Å². The second kappa shape index (κ2) is 7.21. The lowest BCUT2D eigenvalue weighted by Crippen LogP contribution is -2.39. The first-order chi connectivity index (χ1) is 12.2. The van der Waals surface area contributed by atoms with Gasteiger partial charge in [0.2, 0.25) is 0 Å². The number of nitrogens with zero attached hydrogens (tertiary/aromatic N) is 3. The van der Waals surface area contributed by atoms with Crippen LogP contribution in [0.2, 0.25) is 0 Å². The fourth-order valence-electron chi connectivity index (χ4n) is 3.16. The summed E-state index contributed by atoms with van der Waals surface area (Å²) in [4.78, 5) is 24.5. The van der Waals surface area contributed by atoms with Gasteiger partial charge < -0.3 is 15.5 Å². The maximum atomic E-state index is 12.2. The van der Waals surface area contributed by atoms with E-state index in [0.29, 0.717) is 0 Å². The topological polar surface area (TPSA) is 70.2 Å². The highest BCUT2D eigenvalue weighted by atomic mass is 79.9. The van der Waals surface area contributed by atoms with Crippen LogP contribution in [0.15, 0.2) is 40.0 Å². The lowest BCUT2D eigenvalue weighted by molar-refractivity contribution is 0.249. The predicted octanol–water partition coefficient (Wildman–Crippen LogP) is 3.29. The SMILES string of the molecule is O=C(Nc1ccc(Br)cc1)NC1CCN(c2ncnc3c2SCC3)C1. The standard InChI is InChI=1S/C17H18BrN5OS/c18-11-1-3-12(4-2-11)21-17(24)22-13-5-7-23(9-13)16-15-14(6-8-25-15)19-10-20-16/h1-4,10,13H,5-9H2,(H2,21,22,24). The quantitative estimate of drug-likeness (QED) is 0.798. The van der Waals surface area contributed by atoms with E-state index in [1.807, 2.05) is 36.0 Å². The Morgan fingerprint density at radius 2 is 2.12 bits per heavy atom. The maximum Gasteiger partial charge on any atom is 0.319 e. The van der Waals surface area contributed by atoms with Crippen molar-refractivity contribution in [2.45, 2.75) is 23.8 Å². The van der Waals surface area contributed by atoms with E-state index in [2.05, 4.69) is 41.4 Å². The van der Waals surface area contributed by atoms with E-state index < -0.39 is 0 Å². The monoisotopic (exact) mass is 419 g/mol. The zero-order chi connectivity index (χ0) is 17.2. The van der Waals surface area contributed by atoms with Crippen molar-refractivity contribution in [2.75, 3.05) is 29.1 Å². The number of halogens is 1. The number of thioether (sulfide) groups is 1. The minimum atomic E-state index is -0.170. The molecule has 6 nitrogen and oxygen atoms in total. The third-order valence-electron chi connectivity index (χ3n) is 4.37. The summed E-state index contributed by atoms with van der Waals surface area (Å²) < 4.78 is 0.986. The van der Waals surface area contributed by atoms with Crippen molar-refractivity contribution < 1.29 is 4.79 Å². The molecule has 130 valence electrons. The number of rotatable bonds is 3. The number of aromatic nitrogens is 2. The van der Waals surface area contributed by atoms with E-state index in [-0.39, 0.29) is 12.1 Å². The van der Waals surface area contributed by atoms with Gasteiger partial charge in [-0.1, -0.05) is 15.9 Å². The molecule has 1 saturated heterocycles. The second-order valence-electron chi connectivity index (χ2n) is 6.11. The molecule has 1 atom stereocenters. The van der Waals surface area contributed by atoms with Gasteiger partial charge in [0.15, 0.2) is 0 Å². The molecular formula is C17H18BrN5OS. The van der Waals surface area contributed by atoms with Crippen molar-refractivity contribution in [3.63, 3.8) is 0 Å². The number of fused-ring (bicyclic) bond motifs is 1. The second-order valence-corrected chi connectivity index (χ2v) is 8.13. The van der Waals surface area contributed by atoms with Crippen molar-refractivity contribution >= 4 is 45.2 Å². The van der Waals surface area contributed by atoms with E-state index in [0.717, 1.165) is 53.4 Å². The van der Waals surface area contributed by atoms with Gasteiger partial charge in [-0.2, -0.15) is 0 Å². The van der Waals surface area contributed by atoms with Gasteiger partial charge in [-0.3, -0.25) is 0 Å². The number of nitrogens with one attached hydrogen (secondary N) is 2. The molecule has 1 fully saturated rings. The number of aryl methyl sites for hydroxylation is 1. The molecule has 25 heavy (non-hydrogen) atoms. The largest absolute Gasteiger partial charge is 0.353 e. The molecular weight excluding hydrogens is 402 g/mol. The Balaban J connectivity index is 1.36. The van der Waals surface area contributed by atoms with Crippen molar-refractivity contribution in [1.82, 2.24) is 15.3 Å². The van der Waals surface area contributed by atoms with Gasteiger partial charge in [0.25, 0.3) is 0 Å².